The third kappa shape index (κ3) is 2.88. The van der Waals surface area contributed by atoms with Crippen molar-refractivity contribution in [2.45, 2.75) is 6.61 Å². The Hall–Kier alpha value is -2.00. The smallest absolute Gasteiger partial charge is 0.168 e. The van der Waals surface area contributed by atoms with Gasteiger partial charge in [0.1, 0.15) is 0 Å². The van der Waals surface area contributed by atoms with Gasteiger partial charge in [-0.1, -0.05) is 30.3 Å². The van der Waals surface area contributed by atoms with Crippen LogP contribution in [0.15, 0.2) is 42.5 Å². The maximum Gasteiger partial charge on any atom is 0.168 e. The average Bonchev–Trinajstić information content (AvgIpc) is 2.47. The first-order chi connectivity index (χ1) is 9.30. The molecule has 0 N–H and O–H groups in total. The van der Waals surface area contributed by atoms with E-state index in [0.29, 0.717) is 6.61 Å². The molecule has 0 saturated heterocycles. The standard InChI is InChI=1S/C16H18O3/c1-17-11-12-9-14(13-7-5-4-6-8-13)16(19-3)15(10-12)18-2/h4-10H,11H2,1-3H3. The zero-order chi connectivity index (χ0) is 13.7. The Morgan fingerprint density at radius 1 is 0.895 bits per heavy atom. The van der Waals surface area contributed by atoms with Gasteiger partial charge in [-0.2, -0.15) is 0 Å². The maximum atomic E-state index is 5.49. The number of ether oxygens (including phenoxy) is 3. The molecule has 19 heavy (non-hydrogen) atoms. The summed E-state index contributed by atoms with van der Waals surface area (Å²) in [6, 6.07) is 14.1. The van der Waals surface area contributed by atoms with Crippen molar-refractivity contribution in [1.82, 2.24) is 0 Å². The van der Waals surface area contributed by atoms with Gasteiger partial charge in [-0.05, 0) is 23.3 Å². The molecular weight excluding hydrogens is 240 g/mol. The van der Waals surface area contributed by atoms with E-state index in [1.54, 1.807) is 21.3 Å². The van der Waals surface area contributed by atoms with Crippen molar-refractivity contribution in [3.63, 3.8) is 0 Å². The second kappa shape index (κ2) is 6.25. The van der Waals surface area contributed by atoms with Crippen molar-refractivity contribution in [3.8, 4) is 22.6 Å². The van der Waals surface area contributed by atoms with Gasteiger partial charge in [0.25, 0.3) is 0 Å². The van der Waals surface area contributed by atoms with E-state index in [1.165, 1.54) is 0 Å². The summed E-state index contributed by atoms with van der Waals surface area (Å²) in [5, 5.41) is 0. The van der Waals surface area contributed by atoms with Crippen LogP contribution >= 0.6 is 0 Å². The number of benzene rings is 2. The second-order valence-electron chi connectivity index (χ2n) is 4.18. The third-order valence-electron chi connectivity index (χ3n) is 2.93. The summed E-state index contributed by atoms with van der Waals surface area (Å²) in [5.74, 6) is 1.46. The Kier molecular flexibility index (Phi) is 4.42. The van der Waals surface area contributed by atoms with Gasteiger partial charge in [0.05, 0.1) is 20.8 Å². The van der Waals surface area contributed by atoms with Crippen molar-refractivity contribution < 1.29 is 14.2 Å². The largest absolute Gasteiger partial charge is 0.493 e. The van der Waals surface area contributed by atoms with Gasteiger partial charge in [-0.25, -0.2) is 0 Å². The highest BCUT2D eigenvalue weighted by molar-refractivity contribution is 5.74. The number of methoxy groups -OCH3 is 3. The fraction of sp³-hybridized carbons (Fsp3) is 0.250. The van der Waals surface area contributed by atoms with Crippen LogP contribution < -0.4 is 9.47 Å². The lowest BCUT2D eigenvalue weighted by atomic mass is 10.0. The molecule has 3 nitrogen and oxygen atoms in total. The molecule has 0 aliphatic carbocycles. The van der Waals surface area contributed by atoms with Gasteiger partial charge in [-0.3, -0.25) is 0 Å². The molecule has 0 aliphatic heterocycles. The summed E-state index contributed by atoms with van der Waals surface area (Å²) in [5.41, 5.74) is 3.16. The zero-order valence-electron chi connectivity index (χ0n) is 11.5. The number of hydrogen-bond acceptors (Lipinski definition) is 3. The van der Waals surface area contributed by atoms with Crippen LogP contribution in [-0.2, 0) is 11.3 Å². The van der Waals surface area contributed by atoms with Gasteiger partial charge in [-0.15, -0.1) is 0 Å². The van der Waals surface area contributed by atoms with E-state index < -0.39 is 0 Å². The molecule has 0 spiro atoms. The quantitative estimate of drug-likeness (QED) is 0.821. The molecule has 100 valence electrons. The molecule has 0 amide bonds. The predicted molar refractivity (Wildman–Crippen MR) is 75.7 cm³/mol. The Balaban J connectivity index is 2.59. The summed E-state index contributed by atoms with van der Waals surface area (Å²) in [6.45, 7) is 0.542. The summed E-state index contributed by atoms with van der Waals surface area (Å²) >= 11 is 0. The van der Waals surface area contributed by atoms with Gasteiger partial charge >= 0.3 is 0 Å². The van der Waals surface area contributed by atoms with Gasteiger partial charge in [0, 0.05) is 12.7 Å². The van der Waals surface area contributed by atoms with E-state index in [2.05, 4.69) is 6.07 Å². The zero-order valence-corrected chi connectivity index (χ0v) is 11.5. The van der Waals surface area contributed by atoms with E-state index in [9.17, 15) is 0 Å². The predicted octanol–water partition coefficient (Wildman–Crippen LogP) is 3.52. The normalized spacial score (nSPS) is 10.3. The van der Waals surface area contributed by atoms with Crippen molar-refractivity contribution in [2.75, 3.05) is 21.3 Å². The first-order valence-electron chi connectivity index (χ1n) is 6.09. The van der Waals surface area contributed by atoms with Crippen molar-refractivity contribution in [2.24, 2.45) is 0 Å². The lowest BCUT2D eigenvalue weighted by Crippen LogP contribution is -1.97. The minimum absolute atomic E-state index is 0.542. The number of hydrogen-bond donors (Lipinski definition) is 0. The van der Waals surface area contributed by atoms with E-state index in [1.807, 2.05) is 36.4 Å². The molecule has 0 aliphatic rings. The van der Waals surface area contributed by atoms with Crippen LogP contribution in [0.5, 0.6) is 11.5 Å². The van der Waals surface area contributed by atoms with Gasteiger partial charge in [0.15, 0.2) is 11.5 Å². The van der Waals surface area contributed by atoms with Crippen LogP contribution in [0, 0.1) is 0 Å². The van der Waals surface area contributed by atoms with Gasteiger partial charge < -0.3 is 14.2 Å². The minimum atomic E-state index is 0.542. The molecule has 0 aromatic heterocycles. The lowest BCUT2D eigenvalue weighted by Gasteiger charge is -2.15. The first-order valence-corrected chi connectivity index (χ1v) is 6.09. The molecule has 2 rings (SSSR count). The lowest BCUT2D eigenvalue weighted by molar-refractivity contribution is 0.184. The van der Waals surface area contributed by atoms with E-state index in [0.717, 1.165) is 28.2 Å². The fourth-order valence-electron chi connectivity index (χ4n) is 2.10. The Bertz CT molecular complexity index is 535. The molecular formula is C16H18O3. The Labute approximate surface area is 113 Å². The molecule has 0 fully saturated rings. The molecule has 0 radical (unpaired) electrons. The summed E-state index contributed by atoms with van der Waals surface area (Å²) in [4.78, 5) is 0. The van der Waals surface area contributed by atoms with Crippen LogP contribution in [0.2, 0.25) is 0 Å². The summed E-state index contributed by atoms with van der Waals surface area (Å²) in [6.07, 6.45) is 0. The second-order valence-corrected chi connectivity index (χ2v) is 4.18. The Morgan fingerprint density at radius 2 is 1.63 bits per heavy atom. The summed E-state index contributed by atoms with van der Waals surface area (Å²) < 4.78 is 16.1. The van der Waals surface area contributed by atoms with Crippen molar-refractivity contribution in [3.05, 3.63) is 48.0 Å². The van der Waals surface area contributed by atoms with Gasteiger partial charge in [0.2, 0.25) is 0 Å². The van der Waals surface area contributed by atoms with Crippen LogP contribution in [0.25, 0.3) is 11.1 Å². The SMILES string of the molecule is COCc1cc(OC)c(OC)c(-c2ccccc2)c1. The van der Waals surface area contributed by atoms with Crippen LogP contribution in [0.4, 0.5) is 0 Å². The summed E-state index contributed by atoms with van der Waals surface area (Å²) in [7, 11) is 4.97. The van der Waals surface area contributed by atoms with Crippen LogP contribution in [0.3, 0.4) is 0 Å². The first kappa shape index (κ1) is 13.4. The molecule has 2 aromatic carbocycles. The third-order valence-corrected chi connectivity index (χ3v) is 2.93. The topological polar surface area (TPSA) is 27.7 Å². The van der Waals surface area contributed by atoms with Crippen molar-refractivity contribution >= 4 is 0 Å². The van der Waals surface area contributed by atoms with E-state index in [4.69, 9.17) is 14.2 Å². The molecule has 0 saturated carbocycles. The fourth-order valence-corrected chi connectivity index (χ4v) is 2.10. The van der Waals surface area contributed by atoms with Crippen molar-refractivity contribution in [1.29, 1.82) is 0 Å². The monoisotopic (exact) mass is 258 g/mol. The van der Waals surface area contributed by atoms with Crippen LogP contribution in [-0.4, -0.2) is 21.3 Å². The molecule has 3 heteroatoms. The molecule has 2 aromatic rings. The average molecular weight is 258 g/mol. The molecule has 0 atom stereocenters. The van der Waals surface area contributed by atoms with E-state index >= 15 is 0 Å². The maximum absolute atomic E-state index is 5.49. The molecule has 0 bridgehead atoms. The Morgan fingerprint density at radius 3 is 2.21 bits per heavy atom. The minimum Gasteiger partial charge on any atom is -0.493 e. The highest BCUT2D eigenvalue weighted by Crippen LogP contribution is 2.39. The number of rotatable bonds is 5. The highest BCUT2D eigenvalue weighted by Gasteiger charge is 2.13. The van der Waals surface area contributed by atoms with E-state index in [-0.39, 0.29) is 0 Å². The molecule has 0 unspecified atom stereocenters. The van der Waals surface area contributed by atoms with Crippen LogP contribution in [0.1, 0.15) is 5.56 Å². The molecule has 0 heterocycles. The highest BCUT2D eigenvalue weighted by atomic mass is 16.5.